The summed E-state index contributed by atoms with van der Waals surface area (Å²) in [5, 5.41) is 11.2. The van der Waals surface area contributed by atoms with E-state index < -0.39 is 5.60 Å². The van der Waals surface area contributed by atoms with Crippen molar-refractivity contribution in [2.75, 3.05) is 13.2 Å². The van der Waals surface area contributed by atoms with Gasteiger partial charge in [0.05, 0.1) is 16.7 Å². The largest absolute Gasteiger partial charge is 0.444 e. The van der Waals surface area contributed by atoms with Crippen molar-refractivity contribution in [3.8, 4) is 0 Å². The molecular weight excluding hydrogens is 361 g/mol. The van der Waals surface area contributed by atoms with Crippen LogP contribution in [0.15, 0.2) is 18.2 Å². The number of ether oxygens (including phenoxy) is 1. The van der Waals surface area contributed by atoms with Crippen molar-refractivity contribution < 1.29 is 14.6 Å². The Morgan fingerprint density at radius 1 is 1.36 bits per heavy atom. The molecule has 1 aliphatic carbocycles. The number of hydrogen-bond donors (Lipinski definition) is 1. The molecule has 1 N–H and O–H groups in total. The van der Waals surface area contributed by atoms with Crippen molar-refractivity contribution in [1.82, 2.24) is 4.90 Å². The fraction of sp³-hybridized carbons (Fsp3) is 0.632. The molecule has 138 valence electrons. The van der Waals surface area contributed by atoms with Crippen molar-refractivity contribution >= 4 is 29.3 Å². The number of carbonyl (C=O) groups excluding carboxylic acids is 1. The Morgan fingerprint density at radius 2 is 2.04 bits per heavy atom. The zero-order valence-electron chi connectivity index (χ0n) is 15.1. The van der Waals surface area contributed by atoms with Crippen molar-refractivity contribution in [3.05, 3.63) is 33.8 Å². The number of piperidine rings is 1. The number of halogens is 2. The highest BCUT2D eigenvalue weighted by Crippen LogP contribution is 2.69. The number of aliphatic hydroxyl groups is 1. The number of likely N-dealkylation sites (tertiary alicyclic amines) is 1. The van der Waals surface area contributed by atoms with Crippen molar-refractivity contribution in [2.24, 2.45) is 5.41 Å². The minimum Gasteiger partial charge on any atom is -0.444 e. The molecule has 1 saturated carbocycles. The number of rotatable bonds is 2. The summed E-state index contributed by atoms with van der Waals surface area (Å²) in [5.74, 6) is 0. The molecule has 0 spiro atoms. The molecule has 0 bridgehead atoms. The van der Waals surface area contributed by atoms with Gasteiger partial charge in [0.15, 0.2) is 0 Å². The molecule has 25 heavy (non-hydrogen) atoms. The Morgan fingerprint density at radius 3 is 2.60 bits per heavy atom. The van der Waals surface area contributed by atoms with Gasteiger partial charge in [0.25, 0.3) is 0 Å². The molecule has 1 aliphatic heterocycles. The third kappa shape index (κ3) is 3.13. The molecule has 3 atom stereocenters. The van der Waals surface area contributed by atoms with Crippen LogP contribution in [-0.4, -0.2) is 40.9 Å². The SMILES string of the molecule is CC1CC2(c3ccc(Cl)c(Cl)c3)CC2(CO)CN1C(=O)OC(C)(C)C. The minimum absolute atomic E-state index is 0.0199. The number of amides is 1. The Bertz CT molecular complexity index is 702. The Labute approximate surface area is 159 Å². The molecule has 1 amide bonds. The first-order valence-corrected chi connectivity index (χ1v) is 9.35. The lowest BCUT2D eigenvalue weighted by molar-refractivity contribution is -0.00423. The first kappa shape index (κ1) is 18.8. The smallest absolute Gasteiger partial charge is 0.410 e. The van der Waals surface area contributed by atoms with E-state index in [0.717, 1.165) is 18.4 Å². The Hall–Kier alpha value is -0.970. The fourth-order valence-corrected chi connectivity index (χ4v) is 4.57. The van der Waals surface area contributed by atoms with Gasteiger partial charge in [0.2, 0.25) is 0 Å². The summed E-state index contributed by atoms with van der Waals surface area (Å²) < 4.78 is 5.54. The number of aliphatic hydroxyl groups excluding tert-OH is 1. The molecule has 1 aromatic carbocycles. The van der Waals surface area contributed by atoms with Gasteiger partial charge < -0.3 is 14.7 Å². The van der Waals surface area contributed by atoms with Gasteiger partial charge >= 0.3 is 6.09 Å². The third-order valence-corrected chi connectivity index (χ3v) is 6.32. The zero-order chi connectivity index (χ0) is 18.6. The van der Waals surface area contributed by atoms with E-state index in [-0.39, 0.29) is 29.6 Å². The third-order valence-electron chi connectivity index (χ3n) is 5.58. The summed E-state index contributed by atoms with van der Waals surface area (Å²) in [4.78, 5) is 14.3. The van der Waals surface area contributed by atoms with Crippen LogP contribution < -0.4 is 0 Å². The minimum atomic E-state index is -0.537. The summed E-state index contributed by atoms with van der Waals surface area (Å²) in [5.41, 5.74) is 0.0542. The van der Waals surface area contributed by atoms with E-state index in [1.54, 1.807) is 11.0 Å². The molecule has 6 heteroatoms. The molecular formula is C19H25Cl2NO3. The molecule has 0 radical (unpaired) electrons. The van der Waals surface area contributed by atoms with Gasteiger partial charge in [-0.2, -0.15) is 0 Å². The lowest BCUT2D eigenvalue weighted by atomic mass is 9.78. The van der Waals surface area contributed by atoms with Crippen molar-refractivity contribution in [2.45, 2.75) is 57.6 Å². The summed E-state index contributed by atoms with van der Waals surface area (Å²) >= 11 is 12.3. The van der Waals surface area contributed by atoms with E-state index in [2.05, 4.69) is 0 Å². The molecule has 4 nitrogen and oxygen atoms in total. The topological polar surface area (TPSA) is 49.8 Å². The predicted octanol–water partition coefficient (Wildman–Crippen LogP) is 4.64. The monoisotopic (exact) mass is 385 g/mol. The van der Waals surface area contributed by atoms with Gasteiger partial charge in [0, 0.05) is 23.4 Å². The van der Waals surface area contributed by atoms with Crippen LogP contribution in [0.5, 0.6) is 0 Å². The van der Waals surface area contributed by atoms with Gasteiger partial charge in [-0.3, -0.25) is 0 Å². The van der Waals surface area contributed by atoms with E-state index in [1.165, 1.54) is 0 Å². The Kier molecular flexibility index (Phi) is 4.54. The first-order valence-electron chi connectivity index (χ1n) is 8.60. The van der Waals surface area contributed by atoms with Crippen molar-refractivity contribution in [1.29, 1.82) is 0 Å². The van der Waals surface area contributed by atoms with Crippen LogP contribution in [0.4, 0.5) is 4.79 Å². The van der Waals surface area contributed by atoms with Crippen LogP contribution in [0, 0.1) is 5.41 Å². The van der Waals surface area contributed by atoms with Gasteiger partial charge in [-0.25, -0.2) is 4.79 Å². The summed E-state index contributed by atoms with van der Waals surface area (Å²) in [6, 6.07) is 5.71. The van der Waals surface area contributed by atoms with Crippen LogP contribution in [0.3, 0.4) is 0 Å². The second-order valence-electron chi connectivity index (χ2n) is 8.49. The lowest BCUT2D eigenvalue weighted by Crippen LogP contribution is -2.52. The second-order valence-corrected chi connectivity index (χ2v) is 9.30. The average molecular weight is 386 g/mol. The lowest BCUT2D eigenvalue weighted by Gasteiger charge is -2.42. The van der Waals surface area contributed by atoms with Gasteiger partial charge in [0.1, 0.15) is 5.60 Å². The molecule has 3 unspecified atom stereocenters. The van der Waals surface area contributed by atoms with E-state index >= 15 is 0 Å². The van der Waals surface area contributed by atoms with Crippen LogP contribution in [-0.2, 0) is 10.2 Å². The van der Waals surface area contributed by atoms with Gasteiger partial charge in [-0.05, 0) is 58.2 Å². The maximum atomic E-state index is 12.6. The van der Waals surface area contributed by atoms with Crippen molar-refractivity contribution in [3.63, 3.8) is 0 Å². The van der Waals surface area contributed by atoms with E-state index in [9.17, 15) is 9.90 Å². The van der Waals surface area contributed by atoms with E-state index in [0.29, 0.717) is 16.6 Å². The molecule has 3 rings (SSSR count). The van der Waals surface area contributed by atoms with E-state index in [1.807, 2.05) is 39.8 Å². The van der Waals surface area contributed by atoms with Gasteiger partial charge in [-0.1, -0.05) is 29.3 Å². The van der Waals surface area contributed by atoms with Crippen LogP contribution in [0.2, 0.25) is 10.0 Å². The van der Waals surface area contributed by atoms with Gasteiger partial charge in [-0.15, -0.1) is 0 Å². The van der Waals surface area contributed by atoms with Crippen LogP contribution in [0.25, 0.3) is 0 Å². The summed E-state index contributed by atoms with van der Waals surface area (Å²) in [6.45, 7) is 8.12. The molecule has 2 fully saturated rings. The maximum absolute atomic E-state index is 12.6. The highest BCUT2D eigenvalue weighted by molar-refractivity contribution is 6.42. The number of nitrogens with zero attached hydrogens (tertiary/aromatic N) is 1. The molecule has 1 aromatic rings. The van der Waals surface area contributed by atoms with Crippen LogP contribution >= 0.6 is 23.2 Å². The average Bonchev–Trinajstić information content (AvgIpc) is 3.17. The molecule has 2 aliphatic rings. The summed E-state index contributed by atoms with van der Waals surface area (Å²) in [7, 11) is 0. The number of benzene rings is 1. The number of carbonyl (C=O) groups is 1. The zero-order valence-corrected chi connectivity index (χ0v) is 16.6. The maximum Gasteiger partial charge on any atom is 0.410 e. The Balaban J connectivity index is 1.88. The predicted molar refractivity (Wildman–Crippen MR) is 99.3 cm³/mol. The molecule has 0 aromatic heterocycles. The number of hydrogen-bond acceptors (Lipinski definition) is 3. The quantitative estimate of drug-likeness (QED) is 0.806. The summed E-state index contributed by atoms with van der Waals surface area (Å²) in [6.07, 6.45) is 1.28. The fourth-order valence-electron chi connectivity index (χ4n) is 4.27. The normalized spacial score (nSPS) is 31.5. The van der Waals surface area contributed by atoms with Crippen LogP contribution in [0.1, 0.15) is 46.1 Å². The molecule has 1 saturated heterocycles. The van der Waals surface area contributed by atoms with E-state index in [4.69, 9.17) is 27.9 Å². The second kappa shape index (κ2) is 6.04. The number of fused-ring (bicyclic) bond motifs is 1. The molecule has 1 heterocycles. The highest BCUT2D eigenvalue weighted by atomic mass is 35.5. The first-order chi connectivity index (χ1) is 11.5. The standard InChI is InChI=1S/C19H25Cl2NO3/c1-12-8-19(13-5-6-14(20)15(21)7-13)9-18(19,11-23)10-22(12)16(24)25-17(2,3)4/h5-7,12,23H,8-11H2,1-4H3. The highest BCUT2D eigenvalue weighted by Gasteiger charge is 2.71.